The molecule has 0 saturated heterocycles. The van der Waals surface area contributed by atoms with Gasteiger partial charge in [0.1, 0.15) is 0 Å². The molecule has 0 aliphatic heterocycles. The number of aromatic nitrogens is 3. The summed E-state index contributed by atoms with van der Waals surface area (Å²) in [6, 6.07) is 10.5. The first kappa shape index (κ1) is 14.9. The van der Waals surface area contributed by atoms with Gasteiger partial charge in [-0.2, -0.15) is 5.10 Å². The molecule has 0 spiro atoms. The van der Waals surface area contributed by atoms with E-state index in [9.17, 15) is 0 Å². The zero-order chi connectivity index (χ0) is 15.5. The molecule has 0 bridgehead atoms. The van der Waals surface area contributed by atoms with Crippen LogP contribution in [0.25, 0.3) is 5.82 Å². The Morgan fingerprint density at radius 3 is 2.77 bits per heavy atom. The first-order chi connectivity index (χ1) is 10.6. The summed E-state index contributed by atoms with van der Waals surface area (Å²) in [5, 5.41) is 8.05. The van der Waals surface area contributed by atoms with Crippen molar-refractivity contribution < 1.29 is 0 Å². The van der Waals surface area contributed by atoms with Gasteiger partial charge in [0.25, 0.3) is 0 Å². The van der Waals surface area contributed by atoms with Crippen molar-refractivity contribution in [1.82, 2.24) is 20.1 Å². The molecule has 3 aromatic heterocycles. The molecule has 0 radical (unpaired) electrons. The van der Waals surface area contributed by atoms with Crippen LogP contribution in [-0.4, -0.2) is 14.8 Å². The van der Waals surface area contributed by atoms with Crippen LogP contribution in [0.5, 0.6) is 0 Å². The number of aryl methyl sites for hydroxylation is 1. The average molecular weight is 312 g/mol. The van der Waals surface area contributed by atoms with Gasteiger partial charge in [-0.25, -0.2) is 9.67 Å². The van der Waals surface area contributed by atoms with Crippen LogP contribution in [0.4, 0.5) is 0 Å². The minimum absolute atomic E-state index is 0.250. The van der Waals surface area contributed by atoms with Gasteiger partial charge in [0.15, 0.2) is 5.82 Å². The second-order valence-electron chi connectivity index (χ2n) is 5.40. The van der Waals surface area contributed by atoms with Crippen LogP contribution in [0.1, 0.15) is 34.0 Å². The van der Waals surface area contributed by atoms with E-state index in [0.29, 0.717) is 0 Å². The quantitative estimate of drug-likeness (QED) is 0.779. The van der Waals surface area contributed by atoms with Gasteiger partial charge < -0.3 is 5.32 Å². The zero-order valence-corrected chi connectivity index (χ0v) is 13.9. The molecule has 0 aromatic carbocycles. The molecule has 0 amide bonds. The molecule has 3 aromatic rings. The number of thiophene rings is 1. The van der Waals surface area contributed by atoms with E-state index in [1.165, 1.54) is 15.3 Å². The van der Waals surface area contributed by atoms with Crippen molar-refractivity contribution >= 4 is 11.3 Å². The number of nitrogens with zero attached hydrogens (tertiary/aromatic N) is 3. The molecule has 4 nitrogen and oxygen atoms in total. The molecule has 5 heteroatoms. The Morgan fingerprint density at radius 1 is 1.23 bits per heavy atom. The summed E-state index contributed by atoms with van der Waals surface area (Å²) < 4.78 is 1.89. The molecule has 3 rings (SSSR count). The van der Waals surface area contributed by atoms with Gasteiger partial charge in [-0.1, -0.05) is 6.07 Å². The summed E-state index contributed by atoms with van der Waals surface area (Å²) in [4.78, 5) is 7.07. The summed E-state index contributed by atoms with van der Waals surface area (Å²) in [7, 11) is 0. The highest BCUT2D eigenvalue weighted by Crippen LogP contribution is 2.21. The highest BCUT2D eigenvalue weighted by atomic mass is 32.1. The number of rotatable bonds is 5. The normalized spacial score (nSPS) is 12.5. The van der Waals surface area contributed by atoms with Crippen molar-refractivity contribution in [2.75, 3.05) is 0 Å². The van der Waals surface area contributed by atoms with Crippen molar-refractivity contribution in [2.45, 2.75) is 33.4 Å². The van der Waals surface area contributed by atoms with Crippen LogP contribution in [0.3, 0.4) is 0 Å². The molecule has 1 atom stereocenters. The second-order valence-corrected chi connectivity index (χ2v) is 6.77. The van der Waals surface area contributed by atoms with Crippen molar-refractivity contribution in [3.63, 3.8) is 0 Å². The van der Waals surface area contributed by atoms with Crippen LogP contribution >= 0.6 is 11.3 Å². The Balaban J connectivity index is 1.73. The Bertz CT molecular complexity index is 745. The molecule has 3 heterocycles. The van der Waals surface area contributed by atoms with E-state index in [4.69, 9.17) is 0 Å². The Hall–Kier alpha value is -1.98. The van der Waals surface area contributed by atoms with Crippen molar-refractivity contribution in [1.29, 1.82) is 0 Å². The molecule has 0 aliphatic carbocycles. The molecule has 0 fully saturated rings. The smallest absolute Gasteiger partial charge is 0.153 e. The third-order valence-electron chi connectivity index (χ3n) is 3.76. The van der Waals surface area contributed by atoms with Gasteiger partial charge in [-0.3, -0.25) is 0 Å². The lowest BCUT2D eigenvalue weighted by atomic mass is 10.1. The molecular weight excluding hydrogens is 292 g/mol. The van der Waals surface area contributed by atoms with Crippen LogP contribution in [0.2, 0.25) is 0 Å². The minimum Gasteiger partial charge on any atom is -0.305 e. The fraction of sp³-hybridized carbons (Fsp3) is 0.294. The largest absolute Gasteiger partial charge is 0.305 e. The van der Waals surface area contributed by atoms with Gasteiger partial charge in [0.2, 0.25) is 0 Å². The van der Waals surface area contributed by atoms with E-state index in [2.05, 4.69) is 48.3 Å². The third-order valence-corrected chi connectivity index (χ3v) is 4.76. The molecule has 1 unspecified atom stereocenters. The lowest BCUT2D eigenvalue weighted by Crippen LogP contribution is -2.18. The predicted octanol–water partition coefficient (Wildman–Crippen LogP) is 3.80. The highest BCUT2D eigenvalue weighted by molar-refractivity contribution is 7.11. The fourth-order valence-corrected chi connectivity index (χ4v) is 3.34. The number of hydrogen-bond acceptors (Lipinski definition) is 4. The standard InChI is InChI=1S/C17H20N4S/c1-12-7-8-15(22-12)10-19-13(2)16-11-20-21(14(16)3)17-6-4-5-9-18-17/h4-9,11,13,19H,10H2,1-3H3. The van der Waals surface area contributed by atoms with Gasteiger partial charge in [0, 0.05) is 39.8 Å². The summed E-state index contributed by atoms with van der Waals surface area (Å²) in [5.41, 5.74) is 2.33. The Kier molecular flexibility index (Phi) is 4.36. The molecule has 0 saturated carbocycles. The third kappa shape index (κ3) is 3.10. The topological polar surface area (TPSA) is 42.7 Å². The van der Waals surface area contributed by atoms with Crippen molar-refractivity contribution in [3.05, 3.63) is 63.7 Å². The lowest BCUT2D eigenvalue weighted by molar-refractivity contribution is 0.575. The molecule has 22 heavy (non-hydrogen) atoms. The van der Waals surface area contributed by atoms with Crippen LogP contribution in [0, 0.1) is 13.8 Å². The fourth-order valence-electron chi connectivity index (χ4n) is 2.50. The van der Waals surface area contributed by atoms with E-state index in [0.717, 1.165) is 18.1 Å². The highest BCUT2D eigenvalue weighted by Gasteiger charge is 2.14. The maximum absolute atomic E-state index is 4.48. The first-order valence-corrected chi connectivity index (χ1v) is 8.21. The SMILES string of the molecule is Cc1ccc(CNC(C)c2cnn(-c3ccccn3)c2C)s1. The van der Waals surface area contributed by atoms with Crippen molar-refractivity contribution in [2.24, 2.45) is 0 Å². The monoisotopic (exact) mass is 312 g/mol. The van der Waals surface area contributed by atoms with Gasteiger partial charge in [0.05, 0.1) is 6.20 Å². The van der Waals surface area contributed by atoms with Gasteiger partial charge >= 0.3 is 0 Å². The van der Waals surface area contributed by atoms with Crippen LogP contribution < -0.4 is 5.32 Å². The van der Waals surface area contributed by atoms with E-state index in [1.807, 2.05) is 40.4 Å². The zero-order valence-electron chi connectivity index (χ0n) is 13.1. The van der Waals surface area contributed by atoms with Crippen molar-refractivity contribution in [3.8, 4) is 5.82 Å². The average Bonchev–Trinajstić information content (AvgIpc) is 3.12. The predicted molar refractivity (Wildman–Crippen MR) is 90.4 cm³/mol. The van der Waals surface area contributed by atoms with E-state index in [-0.39, 0.29) is 6.04 Å². The van der Waals surface area contributed by atoms with E-state index >= 15 is 0 Å². The van der Waals surface area contributed by atoms with E-state index < -0.39 is 0 Å². The maximum Gasteiger partial charge on any atom is 0.153 e. The lowest BCUT2D eigenvalue weighted by Gasteiger charge is -2.13. The Morgan fingerprint density at radius 2 is 2.09 bits per heavy atom. The molecular formula is C17H20N4S. The van der Waals surface area contributed by atoms with E-state index in [1.54, 1.807) is 6.20 Å². The maximum atomic E-state index is 4.48. The second kappa shape index (κ2) is 6.42. The number of nitrogens with one attached hydrogen (secondary N) is 1. The number of pyridine rings is 1. The van der Waals surface area contributed by atoms with Gasteiger partial charge in [-0.05, 0) is 45.0 Å². The minimum atomic E-state index is 0.250. The Labute approximate surface area is 134 Å². The summed E-state index contributed by atoms with van der Waals surface area (Å²) in [5.74, 6) is 0.854. The molecule has 114 valence electrons. The number of hydrogen-bond donors (Lipinski definition) is 1. The van der Waals surface area contributed by atoms with Crippen LogP contribution in [-0.2, 0) is 6.54 Å². The molecule has 1 N–H and O–H groups in total. The summed E-state index contributed by atoms with van der Waals surface area (Å²) >= 11 is 1.84. The summed E-state index contributed by atoms with van der Waals surface area (Å²) in [6.45, 7) is 7.28. The molecule has 0 aliphatic rings. The summed E-state index contributed by atoms with van der Waals surface area (Å²) in [6.07, 6.45) is 3.72. The van der Waals surface area contributed by atoms with Gasteiger partial charge in [-0.15, -0.1) is 11.3 Å². The first-order valence-electron chi connectivity index (χ1n) is 7.40. The van der Waals surface area contributed by atoms with Crippen LogP contribution in [0.15, 0.2) is 42.7 Å².